The third-order valence-corrected chi connectivity index (χ3v) is 2.21. The molecule has 1 aromatic carbocycles. The van der Waals surface area contributed by atoms with Crippen LogP contribution < -0.4 is 4.74 Å². The van der Waals surface area contributed by atoms with Gasteiger partial charge in [0.2, 0.25) is 5.24 Å². The number of hydrogen-bond acceptors (Lipinski definition) is 3. The van der Waals surface area contributed by atoms with Crippen LogP contribution in [-0.2, 0) is 9.59 Å². The molecule has 1 aromatic rings. The van der Waals surface area contributed by atoms with Gasteiger partial charge in [-0.2, -0.15) is 0 Å². The van der Waals surface area contributed by atoms with Crippen molar-refractivity contribution in [1.29, 1.82) is 0 Å². The van der Waals surface area contributed by atoms with Crippen molar-refractivity contribution >= 4 is 34.4 Å². The molecule has 3 nitrogen and oxygen atoms in total. The Bertz CT molecular complexity index is 391. The van der Waals surface area contributed by atoms with Crippen LogP contribution in [0.15, 0.2) is 24.3 Å². The SMILES string of the molecule is O=C(Cl)CCCC(=O)Oc1cccc(Cl)c1. The molecule has 1 rings (SSSR count). The zero-order valence-corrected chi connectivity index (χ0v) is 9.92. The van der Waals surface area contributed by atoms with Gasteiger partial charge < -0.3 is 4.74 Å². The summed E-state index contributed by atoms with van der Waals surface area (Å²) in [6.45, 7) is 0. The normalized spacial score (nSPS) is 9.88. The number of esters is 1. The number of ether oxygens (including phenoxy) is 1. The standard InChI is InChI=1S/C11H10Cl2O3/c12-8-3-1-4-9(7-8)16-11(15)6-2-5-10(13)14/h1,3-4,7H,2,5-6H2. The maximum atomic E-state index is 11.3. The molecule has 0 saturated heterocycles. The van der Waals surface area contributed by atoms with Crippen LogP contribution >= 0.6 is 23.2 Å². The lowest BCUT2D eigenvalue weighted by atomic mass is 10.2. The van der Waals surface area contributed by atoms with Gasteiger partial charge in [-0.1, -0.05) is 17.7 Å². The monoisotopic (exact) mass is 260 g/mol. The van der Waals surface area contributed by atoms with Crippen molar-refractivity contribution < 1.29 is 14.3 Å². The lowest BCUT2D eigenvalue weighted by molar-refractivity contribution is -0.134. The molecular formula is C11H10Cl2O3. The minimum Gasteiger partial charge on any atom is -0.426 e. The summed E-state index contributed by atoms with van der Waals surface area (Å²) in [7, 11) is 0. The van der Waals surface area contributed by atoms with E-state index in [2.05, 4.69) is 0 Å². The zero-order chi connectivity index (χ0) is 12.0. The van der Waals surface area contributed by atoms with E-state index < -0.39 is 11.2 Å². The van der Waals surface area contributed by atoms with E-state index in [1.807, 2.05) is 0 Å². The van der Waals surface area contributed by atoms with Gasteiger partial charge in [-0.05, 0) is 36.2 Å². The van der Waals surface area contributed by atoms with Crippen molar-refractivity contribution in [2.75, 3.05) is 0 Å². The maximum Gasteiger partial charge on any atom is 0.311 e. The molecule has 0 aliphatic heterocycles. The predicted octanol–water partition coefficient (Wildman–Crippen LogP) is 3.18. The Morgan fingerprint density at radius 2 is 2.00 bits per heavy atom. The summed E-state index contributed by atoms with van der Waals surface area (Å²) in [6, 6.07) is 6.56. The molecule has 0 aliphatic carbocycles. The Labute approximate surface area is 103 Å². The van der Waals surface area contributed by atoms with Gasteiger partial charge in [-0.25, -0.2) is 0 Å². The predicted molar refractivity (Wildman–Crippen MR) is 61.8 cm³/mol. The summed E-state index contributed by atoms with van der Waals surface area (Å²) in [6.07, 6.45) is 0.721. The molecule has 0 heterocycles. The van der Waals surface area contributed by atoms with Crippen LogP contribution in [0.25, 0.3) is 0 Å². The van der Waals surface area contributed by atoms with Crippen LogP contribution in [0.5, 0.6) is 5.75 Å². The van der Waals surface area contributed by atoms with Gasteiger partial charge in [0.1, 0.15) is 5.75 Å². The van der Waals surface area contributed by atoms with Gasteiger partial charge in [0, 0.05) is 17.9 Å². The van der Waals surface area contributed by atoms with Crippen LogP contribution in [0.2, 0.25) is 5.02 Å². The average molecular weight is 261 g/mol. The van der Waals surface area contributed by atoms with Crippen LogP contribution in [0.1, 0.15) is 19.3 Å². The Kier molecular flexibility index (Phi) is 5.29. The molecule has 0 N–H and O–H groups in total. The first-order valence-corrected chi connectivity index (χ1v) is 5.48. The van der Waals surface area contributed by atoms with Crippen LogP contribution in [-0.4, -0.2) is 11.2 Å². The van der Waals surface area contributed by atoms with Crippen LogP contribution in [0, 0.1) is 0 Å². The van der Waals surface area contributed by atoms with E-state index in [9.17, 15) is 9.59 Å². The van der Waals surface area contributed by atoms with E-state index in [0.29, 0.717) is 17.2 Å². The summed E-state index contributed by atoms with van der Waals surface area (Å²) >= 11 is 10.9. The van der Waals surface area contributed by atoms with Crippen molar-refractivity contribution in [2.45, 2.75) is 19.3 Å². The molecule has 5 heteroatoms. The molecule has 0 aromatic heterocycles. The van der Waals surface area contributed by atoms with Crippen molar-refractivity contribution in [3.05, 3.63) is 29.3 Å². The fraction of sp³-hybridized carbons (Fsp3) is 0.273. The van der Waals surface area contributed by atoms with E-state index in [0.717, 1.165) is 0 Å². The highest BCUT2D eigenvalue weighted by Gasteiger charge is 2.06. The van der Waals surface area contributed by atoms with E-state index in [1.165, 1.54) is 0 Å². The third kappa shape index (κ3) is 5.14. The van der Waals surface area contributed by atoms with E-state index >= 15 is 0 Å². The number of carbonyl (C=O) groups is 2. The first-order chi connectivity index (χ1) is 7.58. The highest BCUT2D eigenvalue weighted by atomic mass is 35.5. The lowest BCUT2D eigenvalue weighted by Crippen LogP contribution is -2.07. The minimum atomic E-state index is -0.449. The maximum absolute atomic E-state index is 11.3. The summed E-state index contributed by atoms with van der Waals surface area (Å²) in [5.74, 6) is -0.00474. The number of carbonyl (C=O) groups excluding carboxylic acids is 2. The molecule has 0 atom stereocenters. The molecule has 0 fully saturated rings. The molecule has 0 amide bonds. The summed E-state index contributed by atoms with van der Waals surface area (Å²) in [5.41, 5.74) is 0. The van der Waals surface area contributed by atoms with Gasteiger partial charge >= 0.3 is 5.97 Å². The van der Waals surface area contributed by atoms with Crippen molar-refractivity contribution in [1.82, 2.24) is 0 Å². The second-order valence-corrected chi connectivity index (χ2v) is 4.00. The smallest absolute Gasteiger partial charge is 0.311 e. The first-order valence-electron chi connectivity index (χ1n) is 4.72. The highest BCUT2D eigenvalue weighted by molar-refractivity contribution is 6.63. The molecule has 0 bridgehead atoms. The largest absolute Gasteiger partial charge is 0.426 e. The molecule has 16 heavy (non-hydrogen) atoms. The number of halogens is 2. The average Bonchev–Trinajstić information content (AvgIpc) is 2.16. The fourth-order valence-corrected chi connectivity index (χ4v) is 1.40. The highest BCUT2D eigenvalue weighted by Crippen LogP contribution is 2.17. The van der Waals surface area contributed by atoms with Gasteiger partial charge in [0.05, 0.1) is 0 Å². The van der Waals surface area contributed by atoms with Crippen molar-refractivity contribution in [3.8, 4) is 5.75 Å². The number of benzene rings is 1. The summed E-state index contributed by atoms with van der Waals surface area (Å²) in [5, 5.41) is 0.0526. The minimum absolute atomic E-state index is 0.158. The Morgan fingerprint density at radius 1 is 1.25 bits per heavy atom. The fourth-order valence-electron chi connectivity index (χ4n) is 1.08. The Balaban J connectivity index is 2.37. The van der Waals surface area contributed by atoms with E-state index in [4.69, 9.17) is 27.9 Å². The topological polar surface area (TPSA) is 43.4 Å². The van der Waals surface area contributed by atoms with Crippen LogP contribution in [0.4, 0.5) is 0 Å². The molecule has 0 aliphatic rings. The van der Waals surface area contributed by atoms with E-state index in [-0.39, 0.29) is 12.8 Å². The third-order valence-electron chi connectivity index (χ3n) is 1.78. The van der Waals surface area contributed by atoms with Gasteiger partial charge in [0.15, 0.2) is 0 Å². The van der Waals surface area contributed by atoms with Gasteiger partial charge in [0.25, 0.3) is 0 Å². The Hall–Kier alpha value is -1.06. The molecule has 0 spiro atoms. The summed E-state index contributed by atoms with van der Waals surface area (Å²) in [4.78, 5) is 21.7. The van der Waals surface area contributed by atoms with Gasteiger partial charge in [-0.3, -0.25) is 9.59 Å². The summed E-state index contributed by atoms with van der Waals surface area (Å²) < 4.78 is 5.00. The second kappa shape index (κ2) is 6.51. The van der Waals surface area contributed by atoms with Crippen LogP contribution in [0.3, 0.4) is 0 Å². The van der Waals surface area contributed by atoms with E-state index in [1.54, 1.807) is 24.3 Å². The van der Waals surface area contributed by atoms with Crippen molar-refractivity contribution in [2.24, 2.45) is 0 Å². The second-order valence-electron chi connectivity index (χ2n) is 3.14. The molecule has 0 saturated carbocycles. The van der Waals surface area contributed by atoms with Crippen molar-refractivity contribution in [3.63, 3.8) is 0 Å². The zero-order valence-electron chi connectivity index (χ0n) is 8.41. The number of hydrogen-bond donors (Lipinski definition) is 0. The van der Waals surface area contributed by atoms with Gasteiger partial charge in [-0.15, -0.1) is 0 Å². The molecular weight excluding hydrogens is 251 g/mol. The Morgan fingerprint density at radius 3 is 2.62 bits per heavy atom. The first kappa shape index (κ1) is 13.0. The molecule has 0 unspecified atom stereocenters. The number of rotatable bonds is 5. The molecule has 0 radical (unpaired) electrons. The quantitative estimate of drug-likeness (QED) is 0.464. The lowest BCUT2D eigenvalue weighted by Gasteiger charge is -2.03. The molecule has 86 valence electrons.